The molecule has 0 amide bonds. The second kappa shape index (κ2) is 6.79. The van der Waals surface area contributed by atoms with Gasteiger partial charge in [0, 0.05) is 3.57 Å². The van der Waals surface area contributed by atoms with Crippen LogP contribution in [0.4, 0.5) is 13.2 Å². The van der Waals surface area contributed by atoms with Crippen molar-refractivity contribution >= 4 is 32.7 Å². The molecule has 3 nitrogen and oxygen atoms in total. The first-order valence-electron chi connectivity index (χ1n) is 7.22. The Labute approximate surface area is 158 Å². The topological polar surface area (TPSA) is 43.4 Å². The highest BCUT2D eigenvalue weighted by molar-refractivity contribution is 14.1. The van der Waals surface area contributed by atoms with Crippen LogP contribution >= 0.6 is 22.6 Å². The van der Waals surface area contributed by atoms with E-state index in [1.165, 1.54) is 12.1 Å². The lowest BCUT2D eigenvalue weighted by Gasteiger charge is -2.19. The maximum absolute atomic E-state index is 12.7. The predicted molar refractivity (Wildman–Crippen MR) is 97.1 cm³/mol. The zero-order chi connectivity index (χ0) is 19.0. The van der Waals surface area contributed by atoms with Crippen molar-refractivity contribution < 1.29 is 25.8 Å². The molecule has 0 atom stereocenters. The van der Waals surface area contributed by atoms with E-state index in [1.54, 1.807) is 34.7 Å². The maximum atomic E-state index is 12.7. The third-order valence-corrected chi connectivity index (χ3v) is 6.02. The number of benzene rings is 2. The van der Waals surface area contributed by atoms with E-state index in [0.29, 0.717) is 0 Å². The lowest BCUT2D eigenvalue weighted by molar-refractivity contribution is -0.137. The Morgan fingerprint density at radius 1 is 0.920 bits per heavy atom. The van der Waals surface area contributed by atoms with Gasteiger partial charge in [0.2, 0.25) is 0 Å². The van der Waals surface area contributed by atoms with Crippen molar-refractivity contribution in [2.24, 2.45) is 0 Å². The first kappa shape index (κ1) is 20.0. The fraction of sp³-hybridized carbons (Fsp3) is 0.294. The first-order valence-corrected chi connectivity index (χ1v) is 9.71. The monoisotopic (exact) mass is 484 g/mol. The van der Waals surface area contributed by atoms with Crippen LogP contribution in [0, 0.1) is 3.57 Å². The van der Waals surface area contributed by atoms with Crippen molar-refractivity contribution in [2.75, 3.05) is 0 Å². The minimum absolute atomic E-state index is 0.0567. The van der Waals surface area contributed by atoms with E-state index in [2.05, 4.69) is 0 Å². The van der Waals surface area contributed by atoms with Crippen LogP contribution in [0.15, 0.2) is 47.4 Å². The van der Waals surface area contributed by atoms with Crippen LogP contribution in [0.3, 0.4) is 0 Å². The molecule has 0 fully saturated rings. The van der Waals surface area contributed by atoms with Gasteiger partial charge < -0.3 is 4.18 Å². The van der Waals surface area contributed by atoms with Gasteiger partial charge in [-0.05, 0) is 63.9 Å². The van der Waals surface area contributed by atoms with Crippen molar-refractivity contribution in [1.82, 2.24) is 0 Å². The minimum Gasteiger partial charge on any atom is -0.379 e. The summed E-state index contributed by atoms with van der Waals surface area (Å²) in [5.74, 6) is 0.101. The van der Waals surface area contributed by atoms with E-state index in [-0.39, 0.29) is 19.6 Å². The Morgan fingerprint density at radius 2 is 1.44 bits per heavy atom. The Morgan fingerprint density at radius 3 is 1.88 bits per heavy atom. The standard InChI is InChI=1S/C17H16F3IO3S/c1-16(2,3)11-4-7-13(8-5-11)24-25(22,23)15-9-6-12(10-14(15)21)17(18,19)20/h4-10H,1-3H3. The number of alkyl halides is 3. The van der Waals surface area contributed by atoms with Gasteiger partial charge in [-0.25, -0.2) is 0 Å². The maximum Gasteiger partial charge on any atom is 0.416 e. The summed E-state index contributed by atoms with van der Waals surface area (Å²) >= 11 is 1.55. The fourth-order valence-corrected chi connectivity index (χ4v) is 4.37. The number of hydrogen-bond donors (Lipinski definition) is 0. The van der Waals surface area contributed by atoms with Gasteiger partial charge in [-0.15, -0.1) is 0 Å². The van der Waals surface area contributed by atoms with E-state index in [0.717, 1.165) is 23.8 Å². The van der Waals surface area contributed by atoms with Gasteiger partial charge in [-0.2, -0.15) is 21.6 Å². The van der Waals surface area contributed by atoms with Crippen LogP contribution in [0.25, 0.3) is 0 Å². The highest BCUT2D eigenvalue weighted by atomic mass is 127. The molecule has 0 aromatic heterocycles. The van der Waals surface area contributed by atoms with Gasteiger partial charge in [-0.1, -0.05) is 32.9 Å². The third kappa shape index (κ3) is 4.87. The second-order valence-corrected chi connectivity index (χ2v) is 9.13. The number of halogens is 4. The number of hydrogen-bond acceptors (Lipinski definition) is 3. The van der Waals surface area contributed by atoms with Gasteiger partial charge in [0.05, 0.1) is 5.56 Å². The van der Waals surface area contributed by atoms with Crippen LogP contribution in [-0.2, 0) is 21.7 Å². The molecule has 25 heavy (non-hydrogen) atoms. The van der Waals surface area contributed by atoms with Crippen molar-refractivity contribution in [1.29, 1.82) is 0 Å². The van der Waals surface area contributed by atoms with Crippen molar-refractivity contribution in [2.45, 2.75) is 37.3 Å². The van der Waals surface area contributed by atoms with Gasteiger partial charge in [0.15, 0.2) is 0 Å². The van der Waals surface area contributed by atoms with Gasteiger partial charge in [0.25, 0.3) is 0 Å². The summed E-state index contributed by atoms with van der Waals surface area (Å²) in [6, 6.07) is 8.96. The summed E-state index contributed by atoms with van der Waals surface area (Å²) < 4.78 is 67.8. The average molecular weight is 484 g/mol. The van der Waals surface area contributed by atoms with Gasteiger partial charge in [0.1, 0.15) is 10.6 Å². The minimum atomic E-state index is -4.54. The summed E-state index contributed by atoms with van der Waals surface area (Å²) in [7, 11) is -4.23. The van der Waals surface area contributed by atoms with Gasteiger partial charge >= 0.3 is 16.3 Å². The molecule has 0 saturated heterocycles. The molecule has 2 aromatic rings. The molecular formula is C17H16F3IO3S. The lowest BCUT2D eigenvalue weighted by atomic mass is 9.87. The highest BCUT2D eigenvalue weighted by Gasteiger charge is 2.32. The summed E-state index contributed by atoms with van der Waals surface area (Å²) in [5, 5.41) is 0. The summed E-state index contributed by atoms with van der Waals surface area (Å²) in [5.41, 5.74) is -0.00744. The molecule has 2 aromatic carbocycles. The first-order chi connectivity index (χ1) is 11.3. The highest BCUT2D eigenvalue weighted by Crippen LogP contribution is 2.33. The Hall–Kier alpha value is -1.29. The second-order valence-electron chi connectivity index (χ2n) is 6.45. The van der Waals surface area contributed by atoms with E-state index < -0.39 is 21.9 Å². The van der Waals surface area contributed by atoms with Crippen LogP contribution in [-0.4, -0.2) is 8.42 Å². The van der Waals surface area contributed by atoms with Crippen LogP contribution in [0.5, 0.6) is 5.75 Å². The SMILES string of the molecule is CC(C)(C)c1ccc(OS(=O)(=O)c2ccc(C(F)(F)F)cc2I)cc1. The fourth-order valence-electron chi connectivity index (χ4n) is 2.06. The Balaban J connectivity index is 2.31. The van der Waals surface area contributed by atoms with Crippen LogP contribution in [0.2, 0.25) is 0 Å². The molecule has 0 saturated carbocycles. The van der Waals surface area contributed by atoms with E-state index in [9.17, 15) is 21.6 Å². The molecule has 0 aliphatic carbocycles. The largest absolute Gasteiger partial charge is 0.416 e. The van der Waals surface area contributed by atoms with E-state index in [4.69, 9.17) is 4.18 Å². The lowest BCUT2D eigenvalue weighted by Crippen LogP contribution is -2.14. The predicted octanol–water partition coefficient (Wildman–Crippen LogP) is 5.38. The quantitative estimate of drug-likeness (QED) is 0.435. The summed E-state index contributed by atoms with van der Waals surface area (Å²) in [6.45, 7) is 6.05. The number of rotatable bonds is 3. The van der Waals surface area contributed by atoms with Crippen molar-refractivity contribution in [3.63, 3.8) is 0 Å². The average Bonchev–Trinajstić information content (AvgIpc) is 2.45. The molecule has 0 bridgehead atoms. The smallest absolute Gasteiger partial charge is 0.379 e. The Bertz CT molecular complexity index is 867. The third-order valence-electron chi connectivity index (χ3n) is 3.45. The molecular weight excluding hydrogens is 468 g/mol. The summed E-state index contributed by atoms with van der Waals surface area (Å²) in [4.78, 5) is -0.305. The molecule has 136 valence electrons. The van der Waals surface area contributed by atoms with Crippen molar-refractivity contribution in [3.05, 3.63) is 57.2 Å². The molecule has 2 rings (SSSR count). The van der Waals surface area contributed by atoms with Gasteiger partial charge in [-0.3, -0.25) is 0 Å². The molecule has 0 N–H and O–H groups in total. The normalized spacial score (nSPS) is 12.9. The zero-order valence-electron chi connectivity index (χ0n) is 13.7. The molecule has 0 heterocycles. The van der Waals surface area contributed by atoms with Crippen LogP contribution in [0.1, 0.15) is 31.9 Å². The molecule has 0 radical (unpaired) electrons. The molecule has 0 unspecified atom stereocenters. The molecule has 8 heteroatoms. The summed E-state index contributed by atoms with van der Waals surface area (Å²) in [6.07, 6.45) is -4.54. The zero-order valence-corrected chi connectivity index (χ0v) is 16.7. The van der Waals surface area contributed by atoms with E-state index >= 15 is 0 Å². The van der Waals surface area contributed by atoms with Crippen molar-refractivity contribution in [3.8, 4) is 5.75 Å². The molecule has 0 spiro atoms. The molecule has 0 aliphatic heterocycles. The Kier molecular flexibility index (Phi) is 5.44. The van der Waals surface area contributed by atoms with E-state index in [1.807, 2.05) is 20.8 Å². The molecule has 0 aliphatic rings. The van der Waals surface area contributed by atoms with Crippen LogP contribution < -0.4 is 4.18 Å².